The van der Waals surface area contributed by atoms with Gasteiger partial charge in [-0.15, -0.1) is 0 Å². The molecule has 112 valence electrons. The van der Waals surface area contributed by atoms with Crippen LogP contribution in [0.4, 0.5) is 11.4 Å². The topological polar surface area (TPSA) is 67.4 Å². The number of carbonyl (C=O) groups is 2. The molecule has 1 aromatic carbocycles. The maximum Gasteiger partial charge on any atom is 0.340 e. The molecule has 1 spiro atoms. The maximum absolute atomic E-state index is 12.7. The van der Waals surface area contributed by atoms with Crippen LogP contribution in [0.3, 0.4) is 0 Å². The molecule has 0 atom stereocenters. The van der Waals surface area contributed by atoms with E-state index in [0.29, 0.717) is 17.8 Å². The lowest BCUT2D eigenvalue weighted by molar-refractivity contribution is -0.126. The molecule has 0 unspecified atom stereocenters. The van der Waals surface area contributed by atoms with Gasteiger partial charge in [0.15, 0.2) is 0 Å². The minimum atomic E-state index is -0.437. The summed E-state index contributed by atoms with van der Waals surface area (Å²) < 4.78 is 4.80. The third kappa shape index (κ3) is 2.37. The molecular weight excluding hydrogens is 268 g/mol. The van der Waals surface area contributed by atoms with Gasteiger partial charge in [-0.2, -0.15) is 0 Å². The lowest BCUT2D eigenvalue weighted by atomic mass is 9.73. The highest BCUT2D eigenvalue weighted by molar-refractivity contribution is 6.07. The average Bonchev–Trinajstić information content (AvgIpc) is 2.65. The molecule has 1 heterocycles. The van der Waals surface area contributed by atoms with Crippen molar-refractivity contribution in [1.29, 1.82) is 0 Å². The van der Waals surface area contributed by atoms with Crippen LogP contribution < -0.4 is 10.6 Å². The Morgan fingerprint density at radius 3 is 2.71 bits per heavy atom. The number of esters is 1. The summed E-state index contributed by atoms with van der Waals surface area (Å²) in [6, 6.07) is 5.35. The van der Waals surface area contributed by atoms with Gasteiger partial charge in [0.25, 0.3) is 0 Å². The molecule has 1 fully saturated rings. The van der Waals surface area contributed by atoms with Crippen molar-refractivity contribution in [2.24, 2.45) is 5.41 Å². The molecule has 3 rings (SSSR count). The van der Waals surface area contributed by atoms with Gasteiger partial charge in [0.1, 0.15) is 0 Å². The first-order valence-electron chi connectivity index (χ1n) is 7.43. The van der Waals surface area contributed by atoms with E-state index in [1.165, 1.54) is 13.5 Å². The monoisotopic (exact) mass is 288 g/mol. The first-order chi connectivity index (χ1) is 10.2. The van der Waals surface area contributed by atoms with Crippen molar-refractivity contribution >= 4 is 23.3 Å². The van der Waals surface area contributed by atoms with Gasteiger partial charge < -0.3 is 15.4 Å². The maximum atomic E-state index is 12.7. The van der Waals surface area contributed by atoms with Gasteiger partial charge in [0.2, 0.25) is 5.91 Å². The molecule has 0 bridgehead atoms. The third-order valence-electron chi connectivity index (χ3n) is 4.62. The summed E-state index contributed by atoms with van der Waals surface area (Å²) in [7, 11) is 1.34. The van der Waals surface area contributed by atoms with Gasteiger partial charge in [-0.25, -0.2) is 4.79 Å². The quantitative estimate of drug-likeness (QED) is 0.780. The second-order valence-corrected chi connectivity index (χ2v) is 5.87. The standard InChI is InChI=1S/C16H20N2O3/c1-21-14(19)11-6-5-7-12-13(11)18-15(20)16(10-17-12)8-3-2-4-9-16/h5-7,17H,2-4,8-10H2,1H3,(H,18,20). The number of hydrogen-bond donors (Lipinski definition) is 2. The van der Waals surface area contributed by atoms with Crippen LogP contribution in [0.2, 0.25) is 0 Å². The molecule has 1 amide bonds. The first kappa shape index (κ1) is 13.9. The largest absolute Gasteiger partial charge is 0.465 e. The van der Waals surface area contributed by atoms with Gasteiger partial charge in [-0.1, -0.05) is 25.3 Å². The van der Waals surface area contributed by atoms with Crippen LogP contribution in [0, 0.1) is 5.41 Å². The van der Waals surface area contributed by atoms with Crippen LogP contribution in [-0.4, -0.2) is 25.5 Å². The number of anilines is 2. The highest BCUT2D eigenvalue weighted by Gasteiger charge is 2.41. The Balaban J connectivity index is 1.97. The van der Waals surface area contributed by atoms with Gasteiger partial charge in [-0.05, 0) is 25.0 Å². The highest BCUT2D eigenvalue weighted by Crippen LogP contribution is 2.41. The number of fused-ring (bicyclic) bond motifs is 1. The Bertz CT molecular complexity index is 577. The van der Waals surface area contributed by atoms with Crippen molar-refractivity contribution in [2.75, 3.05) is 24.3 Å². The van der Waals surface area contributed by atoms with Crippen molar-refractivity contribution in [3.8, 4) is 0 Å². The van der Waals surface area contributed by atoms with E-state index in [2.05, 4.69) is 10.6 Å². The summed E-state index contributed by atoms with van der Waals surface area (Å²) in [5.41, 5.74) is 1.36. The molecule has 0 saturated heterocycles. The zero-order valence-electron chi connectivity index (χ0n) is 12.2. The predicted octanol–water partition coefficient (Wildman–Crippen LogP) is 2.79. The summed E-state index contributed by atoms with van der Waals surface area (Å²) in [4.78, 5) is 24.6. The van der Waals surface area contributed by atoms with Crippen molar-refractivity contribution in [1.82, 2.24) is 0 Å². The molecule has 0 aromatic heterocycles. The van der Waals surface area contributed by atoms with E-state index in [-0.39, 0.29) is 11.3 Å². The van der Waals surface area contributed by atoms with Crippen LogP contribution in [0.25, 0.3) is 0 Å². The van der Waals surface area contributed by atoms with Crippen LogP contribution in [0.1, 0.15) is 42.5 Å². The molecule has 5 nitrogen and oxygen atoms in total. The number of para-hydroxylation sites is 1. The van der Waals surface area contributed by atoms with Crippen LogP contribution in [0.15, 0.2) is 18.2 Å². The number of amides is 1. The molecule has 2 N–H and O–H groups in total. The number of carbonyl (C=O) groups excluding carboxylic acids is 2. The van der Waals surface area contributed by atoms with E-state index < -0.39 is 5.97 Å². The molecule has 2 aliphatic rings. The predicted molar refractivity (Wildman–Crippen MR) is 80.4 cm³/mol. The van der Waals surface area contributed by atoms with E-state index in [4.69, 9.17) is 4.74 Å². The van der Waals surface area contributed by atoms with Crippen molar-refractivity contribution in [3.05, 3.63) is 23.8 Å². The van der Waals surface area contributed by atoms with Gasteiger partial charge in [-0.3, -0.25) is 4.79 Å². The van der Waals surface area contributed by atoms with E-state index >= 15 is 0 Å². The summed E-state index contributed by atoms with van der Waals surface area (Å²) in [5.74, 6) is -0.418. The highest BCUT2D eigenvalue weighted by atomic mass is 16.5. The van der Waals surface area contributed by atoms with Crippen LogP contribution in [-0.2, 0) is 9.53 Å². The summed E-state index contributed by atoms with van der Waals surface area (Å²) in [6.07, 6.45) is 5.14. The number of ether oxygens (including phenoxy) is 1. The second-order valence-electron chi connectivity index (χ2n) is 5.87. The zero-order valence-corrected chi connectivity index (χ0v) is 12.2. The van der Waals surface area contributed by atoms with Crippen molar-refractivity contribution in [3.63, 3.8) is 0 Å². The molecule has 5 heteroatoms. The van der Waals surface area contributed by atoms with Crippen molar-refractivity contribution < 1.29 is 14.3 Å². The van der Waals surface area contributed by atoms with Gasteiger partial charge >= 0.3 is 5.97 Å². The number of hydrogen-bond acceptors (Lipinski definition) is 4. The van der Waals surface area contributed by atoms with E-state index in [1.807, 2.05) is 6.07 Å². The van der Waals surface area contributed by atoms with Gasteiger partial charge in [0.05, 0.1) is 29.5 Å². The summed E-state index contributed by atoms with van der Waals surface area (Å²) in [6.45, 7) is 0.621. The lowest BCUT2D eigenvalue weighted by Crippen LogP contribution is -2.41. The molecular formula is C16H20N2O3. The SMILES string of the molecule is COC(=O)c1cccc2c1NC(=O)C1(CCCCC1)CN2. The molecule has 1 aromatic rings. The first-order valence-corrected chi connectivity index (χ1v) is 7.43. The normalized spacial score (nSPS) is 20.0. The number of benzene rings is 1. The number of methoxy groups -OCH3 is 1. The minimum absolute atomic E-state index is 0.0183. The summed E-state index contributed by atoms with van der Waals surface area (Å²) >= 11 is 0. The van der Waals surface area contributed by atoms with Crippen LogP contribution in [0.5, 0.6) is 0 Å². The minimum Gasteiger partial charge on any atom is -0.465 e. The van der Waals surface area contributed by atoms with Crippen molar-refractivity contribution in [2.45, 2.75) is 32.1 Å². The Hall–Kier alpha value is -2.04. The number of nitrogens with one attached hydrogen (secondary N) is 2. The Morgan fingerprint density at radius 2 is 2.00 bits per heavy atom. The van der Waals surface area contributed by atoms with E-state index in [0.717, 1.165) is 31.4 Å². The Morgan fingerprint density at radius 1 is 1.24 bits per heavy atom. The molecule has 0 radical (unpaired) electrons. The average molecular weight is 288 g/mol. The van der Waals surface area contributed by atoms with E-state index in [9.17, 15) is 9.59 Å². The van der Waals surface area contributed by atoms with Gasteiger partial charge in [0, 0.05) is 6.54 Å². The fourth-order valence-electron chi connectivity index (χ4n) is 3.34. The Labute approximate surface area is 124 Å². The fraction of sp³-hybridized carbons (Fsp3) is 0.500. The van der Waals surface area contributed by atoms with Crippen LogP contribution >= 0.6 is 0 Å². The third-order valence-corrected chi connectivity index (χ3v) is 4.62. The fourth-order valence-corrected chi connectivity index (χ4v) is 3.34. The number of rotatable bonds is 1. The lowest BCUT2D eigenvalue weighted by Gasteiger charge is -2.34. The summed E-state index contributed by atoms with van der Waals surface area (Å²) in [5, 5.41) is 6.31. The molecule has 21 heavy (non-hydrogen) atoms. The Kier molecular flexibility index (Phi) is 3.57. The zero-order chi connectivity index (χ0) is 14.9. The smallest absolute Gasteiger partial charge is 0.340 e. The molecule has 1 aliphatic carbocycles. The van der Waals surface area contributed by atoms with E-state index in [1.54, 1.807) is 12.1 Å². The molecule has 1 saturated carbocycles. The molecule has 1 aliphatic heterocycles. The second kappa shape index (κ2) is 5.39.